The summed E-state index contributed by atoms with van der Waals surface area (Å²) in [6, 6.07) is 14.9. The van der Waals surface area contributed by atoms with E-state index in [4.69, 9.17) is 4.74 Å². The molecule has 0 aliphatic carbocycles. The third-order valence-corrected chi connectivity index (χ3v) is 9.21. The molecule has 0 aliphatic heterocycles. The molecule has 242 valence electrons. The molecule has 0 aliphatic rings. The van der Waals surface area contributed by atoms with Crippen molar-refractivity contribution in [3.05, 3.63) is 75.7 Å². The normalized spacial score (nSPS) is 11.6. The first-order valence-corrected chi connectivity index (χ1v) is 18.2. The summed E-state index contributed by atoms with van der Waals surface area (Å²) in [5.41, 5.74) is 6.56. The first kappa shape index (κ1) is 35.8. The Kier molecular flexibility index (Phi) is 15.5. The summed E-state index contributed by atoms with van der Waals surface area (Å²) in [5.74, 6) is 1.11. The van der Waals surface area contributed by atoms with E-state index in [1.54, 1.807) is 11.3 Å². The highest BCUT2D eigenvalue weighted by molar-refractivity contribution is 7.09. The minimum Gasteiger partial charge on any atom is -0.493 e. The van der Waals surface area contributed by atoms with Crippen LogP contribution in [0.1, 0.15) is 140 Å². The molecular formula is C39H59N2O2S+. The van der Waals surface area contributed by atoms with Gasteiger partial charge in [-0.3, -0.25) is 4.79 Å². The summed E-state index contributed by atoms with van der Waals surface area (Å²) < 4.78 is 8.57. The second-order valence-electron chi connectivity index (χ2n) is 13.5. The molecule has 0 saturated carbocycles. The van der Waals surface area contributed by atoms with Gasteiger partial charge in [0.05, 0.1) is 18.0 Å². The summed E-state index contributed by atoms with van der Waals surface area (Å²) in [6.07, 6.45) is 18.8. The van der Waals surface area contributed by atoms with Crippen LogP contribution < -0.4 is 14.2 Å². The maximum Gasteiger partial charge on any atom is 0.227 e. The van der Waals surface area contributed by atoms with Crippen molar-refractivity contribution in [2.24, 2.45) is 0 Å². The summed E-state index contributed by atoms with van der Waals surface area (Å²) in [7, 11) is 0. The van der Waals surface area contributed by atoms with Crippen LogP contribution in [0.2, 0.25) is 0 Å². The Balaban J connectivity index is 1.55. The second-order valence-corrected chi connectivity index (χ2v) is 14.5. The average molecular weight is 620 g/mol. The van der Waals surface area contributed by atoms with Crippen molar-refractivity contribution in [2.75, 3.05) is 11.5 Å². The number of anilines is 1. The molecule has 0 atom stereocenters. The van der Waals surface area contributed by atoms with Crippen LogP contribution in [-0.2, 0) is 23.3 Å². The number of rotatable bonds is 20. The first-order valence-electron chi connectivity index (χ1n) is 17.3. The zero-order chi connectivity index (χ0) is 31.8. The van der Waals surface area contributed by atoms with Crippen molar-refractivity contribution in [1.82, 2.24) is 0 Å². The van der Waals surface area contributed by atoms with E-state index in [1.165, 1.54) is 86.6 Å². The molecule has 1 aromatic heterocycles. The highest BCUT2D eigenvalue weighted by atomic mass is 32.1. The van der Waals surface area contributed by atoms with Crippen molar-refractivity contribution in [3.8, 4) is 5.75 Å². The molecule has 0 fully saturated rings. The van der Waals surface area contributed by atoms with Crippen LogP contribution in [0.3, 0.4) is 0 Å². The topological polar surface area (TPSA) is 33.4 Å². The van der Waals surface area contributed by atoms with Gasteiger partial charge in [-0.1, -0.05) is 135 Å². The van der Waals surface area contributed by atoms with Crippen LogP contribution in [0.25, 0.3) is 0 Å². The summed E-state index contributed by atoms with van der Waals surface area (Å²) in [5, 5.41) is 0. The Labute approximate surface area is 272 Å². The minimum atomic E-state index is -0.0583. The van der Waals surface area contributed by atoms with E-state index in [0.29, 0.717) is 13.0 Å². The Morgan fingerprint density at radius 3 is 2.09 bits per heavy atom. The van der Waals surface area contributed by atoms with E-state index >= 15 is 0 Å². The lowest BCUT2D eigenvalue weighted by Gasteiger charge is -2.26. The van der Waals surface area contributed by atoms with Gasteiger partial charge in [0.2, 0.25) is 11.4 Å². The number of hydrogen-bond acceptors (Lipinski definition) is 3. The zero-order valence-electron chi connectivity index (χ0n) is 28.6. The van der Waals surface area contributed by atoms with Crippen LogP contribution in [0, 0.1) is 6.92 Å². The first-order chi connectivity index (χ1) is 21.2. The molecule has 5 heteroatoms. The molecule has 44 heavy (non-hydrogen) atoms. The van der Waals surface area contributed by atoms with E-state index < -0.39 is 0 Å². The van der Waals surface area contributed by atoms with Gasteiger partial charge in [0.25, 0.3) is 0 Å². The molecule has 3 rings (SSSR count). The summed E-state index contributed by atoms with van der Waals surface area (Å²) in [6.45, 7) is 15.2. The number of nitrogens with zero attached hydrogens (tertiary/aromatic N) is 2. The molecule has 0 bridgehead atoms. The predicted molar refractivity (Wildman–Crippen MR) is 188 cm³/mol. The lowest BCUT2D eigenvalue weighted by atomic mass is 9.85. The number of carbonyl (C=O) groups excluding carboxylic acids is 1. The SMILES string of the molecule is CCCCCCCCCCCCCCOc1ccc(CN(C(=O)CC)c2cccc(C[n+]3csc(C)c3)c2)cc1C(C)(C)C. The Morgan fingerprint density at radius 2 is 1.50 bits per heavy atom. The maximum absolute atomic E-state index is 13.2. The molecule has 0 unspecified atom stereocenters. The number of aromatic nitrogens is 1. The number of amides is 1. The van der Waals surface area contributed by atoms with Gasteiger partial charge >= 0.3 is 0 Å². The highest BCUT2D eigenvalue weighted by Gasteiger charge is 2.22. The van der Waals surface area contributed by atoms with E-state index in [-0.39, 0.29) is 11.3 Å². The molecular weight excluding hydrogens is 561 g/mol. The van der Waals surface area contributed by atoms with Crippen molar-refractivity contribution in [1.29, 1.82) is 0 Å². The van der Waals surface area contributed by atoms with E-state index in [9.17, 15) is 4.79 Å². The van der Waals surface area contributed by atoms with E-state index in [0.717, 1.165) is 36.6 Å². The van der Waals surface area contributed by atoms with Gasteiger partial charge in [0.1, 0.15) is 5.75 Å². The van der Waals surface area contributed by atoms with Crippen LogP contribution in [0.15, 0.2) is 54.2 Å². The number of ether oxygens (including phenoxy) is 1. The lowest BCUT2D eigenvalue weighted by Crippen LogP contribution is -2.32. The highest BCUT2D eigenvalue weighted by Crippen LogP contribution is 2.33. The molecule has 3 aromatic rings. The van der Waals surface area contributed by atoms with Crippen LogP contribution in [0.4, 0.5) is 5.69 Å². The van der Waals surface area contributed by atoms with Gasteiger partial charge in [0, 0.05) is 17.7 Å². The summed E-state index contributed by atoms with van der Waals surface area (Å²) >= 11 is 1.75. The monoisotopic (exact) mass is 619 g/mol. The van der Waals surface area contributed by atoms with Gasteiger partial charge in [0.15, 0.2) is 12.7 Å². The van der Waals surface area contributed by atoms with Crippen LogP contribution in [-0.4, -0.2) is 12.5 Å². The fraction of sp³-hybridized carbons (Fsp3) is 0.590. The number of benzene rings is 2. The van der Waals surface area contributed by atoms with Crippen molar-refractivity contribution in [3.63, 3.8) is 0 Å². The molecule has 1 heterocycles. The van der Waals surface area contributed by atoms with Gasteiger partial charge in [-0.15, -0.1) is 0 Å². The smallest absolute Gasteiger partial charge is 0.227 e. The van der Waals surface area contributed by atoms with E-state index in [2.05, 4.69) is 93.4 Å². The number of thiazole rings is 1. The average Bonchev–Trinajstić information content (AvgIpc) is 3.41. The lowest BCUT2D eigenvalue weighted by molar-refractivity contribution is -0.683. The standard InChI is InChI=1S/C39H59N2O2S/c1-7-9-10-11-12-13-14-15-16-17-18-19-25-43-37-24-23-34(27-36(37)39(4,5)6)30-41(38(42)8-2)35-22-20-21-33(26-35)29-40-28-32(3)44-31-40/h20-24,26-28,31H,7-19,25,29-30H2,1-6H3/q+1. The van der Waals surface area contributed by atoms with Gasteiger partial charge in [-0.05, 0) is 54.2 Å². The zero-order valence-corrected chi connectivity index (χ0v) is 29.4. The summed E-state index contributed by atoms with van der Waals surface area (Å²) in [4.78, 5) is 16.4. The minimum absolute atomic E-state index is 0.0583. The van der Waals surface area contributed by atoms with Gasteiger partial charge < -0.3 is 9.64 Å². The van der Waals surface area contributed by atoms with Crippen molar-refractivity contribution < 1.29 is 14.1 Å². The third kappa shape index (κ3) is 12.4. The largest absolute Gasteiger partial charge is 0.493 e. The van der Waals surface area contributed by atoms with Gasteiger partial charge in [-0.25, -0.2) is 0 Å². The fourth-order valence-electron chi connectivity index (χ4n) is 5.77. The van der Waals surface area contributed by atoms with E-state index in [1.807, 2.05) is 11.8 Å². The number of unbranched alkanes of at least 4 members (excludes halogenated alkanes) is 11. The van der Waals surface area contributed by atoms with Gasteiger partial charge in [-0.2, -0.15) is 4.57 Å². The Morgan fingerprint density at radius 1 is 0.841 bits per heavy atom. The van der Waals surface area contributed by atoms with Crippen LogP contribution >= 0.6 is 11.3 Å². The fourth-order valence-corrected chi connectivity index (χ4v) is 6.40. The molecule has 0 saturated heterocycles. The predicted octanol–water partition coefficient (Wildman–Crippen LogP) is 10.7. The number of carbonyl (C=O) groups is 1. The van der Waals surface area contributed by atoms with Crippen molar-refractivity contribution in [2.45, 2.75) is 144 Å². The number of aryl methyl sites for hydroxylation is 1. The second kappa shape index (κ2) is 19.0. The Bertz CT molecular complexity index is 1260. The molecule has 0 spiro atoms. The molecule has 0 radical (unpaired) electrons. The Hall–Kier alpha value is -2.66. The molecule has 4 nitrogen and oxygen atoms in total. The maximum atomic E-state index is 13.2. The molecule has 1 amide bonds. The third-order valence-electron chi connectivity index (χ3n) is 8.36. The molecule has 2 aromatic carbocycles. The van der Waals surface area contributed by atoms with Crippen molar-refractivity contribution >= 4 is 22.9 Å². The number of hydrogen-bond donors (Lipinski definition) is 0. The van der Waals surface area contributed by atoms with Crippen LogP contribution in [0.5, 0.6) is 5.75 Å². The molecule has 0 N–H and O–H groups in total. The quantitative estimate of drug-likeness (QED) is 0.0931.